The highest BCUT2D eigenvalue weighted by Gasteiger charge is 2.35. The van der Waals surface area contributed by atoms with Gasteiger partial charge in [0.05, 0.1) is 11.0 Å². The predicted octanol–water partition coefficient (Wildman–Crippen LogP) is 7.00. The molecule has 2 aromatic heterocycles. The number of allylic oxidation sites excluding steroid dienone is 4. The predicted molar refractivity (Wildman–Crippen MR) is 134 cm³/mol. The molecule has 0 radical (unpaired) electrons. The number of aromatic nitrogens is 2. The topological polar surface area (TPSA) is 60.1 Å². The average molecular weight is 482 g/mol. The smallest absolute Gasteiger partial charge is 0.248 e. The lowest BCUT2D eigenvalue weighted by atomic mass is 9.86. The number of fused-ring (bicyclic) bond motifs is 2. The maximum Gasteiger partial charge on any atom is 0.248 e. The van der Waals surface area contributed by atoms with E-state index in [1.54, 1.807) is 6.92 Å². The molecule has 1 atom stereocenters. The zero-order chi connectivity index (χ0) is 24.7. The zero-order valence-corrected chi connectivity index (χ0v) is 20.7. The quantitative estimate of drug-likeness (QED) is 0.370. The van der Waals surface area contributed by atoms with Gasteiger partial charge in [0.25, 0.3) is 0 Å². The lowest BCUT2D eigenvalue weighted by Crippen LogP contribution is -2.26. The number of nitrogens with zero attached hydrogens (tertiary/aromatic N) is 2. The van der Waals surface area contributed by atoms with Crippen LogP contribution in [0.1, 0.15) is 69.9 Å². The van der Waals surface area contributed by atoms with Gasteiger partial charge in [-0.05, 0) is 63.2 Å². The molecule has 0 spiro atoms. The average Bonchev–Trinajstić information content (AvgIpc) is 3.17. The van der Waals surface area contributed by atoms with E-state index in [9.17, 15) is 8.78 Å². The van der Waals surface area contributed by atoms with Crippen molar-refractivity contribution < 1.29 is 18.6 Å². The van der Waals surface area contributed by atoms with Crippen molar-refractivity contribution in [3.63, 3.8) is 0 Å². The van der Waals surface area contributed by atoms with E-state index < -0.39 is 5.92 Å². The van der Waals surface area contributed by atoms with Crippen molar-refractivity contribution in [3.05, 3.63) is 58.5 Å². The Kier molecular flexibility index (Phi) is 6.49. The molecule has 186 valence electrons. The van der Waals surface area contributed by atoms with Crippen molar-refractivity contribution in [1.29, 1.82) is 5.41 Å². The zero-order valence-electron chi connectivity index (χ0n) is 20.7. The molecule has 1 saturated heterocycles. The Morgan fingerprint density at radius 2 is 1.86 bits per heavy atom. The van der Waals surface area contributed by atoms with Gasteiger partial charge in [0.1, 0.15) is 13.2 Å². The first kappa shape index (κ1) is 24.1. The Morgan fingerprint density at radius 1 is 1.14 bits per heavy atom. The first-order valence-corrected chi connectivity index (χ1v) is 12.5. The summed E-state index contributed by atoms with van der Waals surface area (Å²) in [5, 5.41) is 8.28. The maximum atomic E-state index is 13.8. The lowest BCUT2D eigenvalue weighted by molar-refractivity contribution is -0.290. The van der Waals surface area contributed by atoms with E-state index in [4.69, 9.17) is 20.2 Å². The van der Waals surface area contributed by atoms with Crippen LogP contribution in [0.25, 0.3) is 16.6 Å². The van der Waals surface area contributed by atoms with Crippen LogP contribution in [0.2, 0.25) is 0 Å². The van der Waals surface area contributed by atoms with Crippen molar-refractivity contribution in [2.45, 2.75) is 71.3 Å². The lowest BCUT2D eigenvalue weighted by Gasteiger charge is -2.28. The molecular weight excluding hydrogens is 448 g/mol. The molecular formula is C28H33F2N3O2. The molecule has 35 heavy (non-hydrogen) atoms. The van der Waals surface area contributed by atoms with E-state index in [2.05, 4.69) is 29.0 Å². The number of hydrogen-bond acceptors (Lipinski definition) is 4. The molecule has 7 heteroatoms. The molecule has 3 aliphatic rings. The van der Waals surface area contributed by atoms with Crippen LogP contribution in [0.5, 0.6) is 0 Å². The van der Waals surface area contributed by atoms with Crippen LogP contribution in [0.15, 0.2) is 47.3 Å². The van der Waals surface area contributed by atoms with E-state index in [0.717, 1.165) is 45.3 Å². The van der Waals surface area contributed by atoms with Crippen LogP contribution in [0.4, 0.5) is 8.78 Å². The van der Waals surface area contributed by atoms with Gasteiger partial charge >= 0.3 is 0 Å². The summed E-state index contributed by atoms with van der Waals surface area (Å²) >= 11 is 0. The molecule has 5 rings (SSSR count). The van der Waals surface area contributed by atoms with E-state index >= 15 is 0 Å². The summed E-state index contributed by atoms with van der Waals surface area (Å²) in [7, 11) is 0. The van der Waals surface area contributed by atoms with Crippen LogP contribution in [-0.4, -0.2) is 34.4 Å². The highest BCUT2D eigenvalue weighted by atomic mass is 19.3. The van der Waals surface area contributed by atoms with E-state index in [1.165, 1.54) is 5.57 Å². The van der Waals surface area contributed by atoms with Crippen LogP contribution < -0.4 is 0 Å². The van der Waals surface area contributed by atoms with Crippen molar-refractivity contribution in [2.75, 3.05) is 13.2 Å². The van der Waals surface area contributed by atoms with Gasteiger partial charge in [-0.3, -0.25) is 4.98 Å². The van der Waals surface area contributed by atoms with Gasteiger partial charge in [-0.15, -0.1) is 0 Å². The van der Waals surface area contributed by atoms with Crippen molar-refractivity contribution >= 4 is 22.3 Å². The van der Waals surface area contributed by atoms with Crippen LogP contribution in [-0.2, 0) is 16.3 Å². The summed E-state index contributed by atoms with van der Waals surface area (Å²) in [6.45, 7) is 7.44. The van der Waals surface area contributed by atoms with Gasteiger partial charge < -0.3 is 9.98 Å². The Hall–Kier alpha value is -2.64. The van der Waals surface area contributed by atoms with Gasteiger partial charge in [-0.1, -0.05) is 17.7 Å². The highest BCUT2D eigenvalue weighted by Crippen LogP contribution is 2.40. The van der Waals surface area contributed by atoms with Crippen molar-refractivity contribution in [1.82, 2.24) is 9.55 Å². The molecule has 2 aromatic rings. The van der Waals surface area contributed by atoms with E-state index in [0.29, 0.717) is 38.3 Å². The largest absolute Gasteiger partial charge is 0.346 e. The summed E-state index contributed by atoms with van der Waals surface area (Å²) in [5.74, 6) is -2.14. The molecule has 2 aliphatic carbocycles. The molecule has 5 nitrogen and oxygen atoms in total. The standard InChI is InChI=1S/C28H33F2N3O2/c1-17(2)26(18(3)31)22-11-25-27(32-12-22)24(20-4-5-21-15-34-35-16-23(21)10-20)14-33(25)13-19-6-8-28(29,30)9-7-19/h5,10-12,14,19-20,31H,4,6-9,13,15-16H2,1-3H3. The minimum atomic E-state index is -2.53. The summed E-state index contributed by atoms with van der Waals surface area (Å²) in [4.78, 5) is 15.2. The molecule has 0 amide bonds. The second-order valence-corrected chi connectivity index (χ2v) is 10.4. The molecule has 1 aliphatic heterocycles. The van der Waals surface area contributed by atoms with Gasteiger partial charge in [0.2, 0.25) is 5.92 Å². The maximum absolute atomic E-state index is 13.8. The molecule has 3 heterocycles. The normalized spacial score (nSPS) is 22.4. The second-order valence-electron chi connectivity index (χ2n) is 10.4. The SMILES string of the molecule is CC(=N)C(=C(C)C)c1cnc2c(C3C=C4COOCC4=CC3)cn(CC3CCC(F)(F)CC3)c2c1. The molecule has 1 N–H and O–H groups in total. The summed E-state index contributed by atoms with van der Waals surface area (Å²) in [6.07, 6.45) is 10.4. The van der Waals surface area contributed by atoms with Crippen molar-refractivity contribution in [2.24, 2.45) is 5.92 Å². The van der Waals surface area contributed by atoms with Gasteiger partial charge in [-0.25, -0.2) is 18.6 Å². The van der Waals surface area contributed by atoms with Crippen LogP contribution >= 0.6 is 0 Å². The second kappa shape index (κ2) is 9.43. The number of halogens is 2. The number of alkyl halides is 2. The molecule has 0 aromatic carbocycles. The van der Waals surface area contributed by atoms with Gasteiger partial charge in [0, 0.05) is 60.1 Å². The van der Waals surface area contributed by atoms with E-state index in [-0.39, 0.29) is 24.7 Å². The number of pyridine rings is 1. The summed E-state index contributed by atoms with van der Waals surface area (Å²) < 4.78 is 29.8. The molecule has 1 unspecified atom stereocenters. The van der Waals surface area contributed by atoms with Crippen molar-refractivity contribution in [3.8, 4) is 0 Å². The van der Waals surface area contributed by atoms with Gasteiger partial charge in [0.15, 0.2) is 0 Å². The Bertz CT molecular complexity index is 1240. The van der Waals surface area contributed by atoms with Crippen LogP contribution in [0, 0.1) is 11.3 Å². The molecule has 0 bridgehead atoms. The Labute approximate surface area is 205 Å². The fourth-order valence-electron chi connectivity index (χ4n) is 5.73. The Morgan fingerprint density at radius 3 is 2.54 bits per heavy atom. The number of rotatable bonds is 5. The first-order valence-electron chi connectivity index (χ1n) is 12.5. The minimum Gasteiger partial charge on any atom is -0.346 e. The third-order valence-corrected chi connectivity index (χ3v) is 7.55. The number of hydrogen-bond donors (Lipinski definition) is 1. The molecule has 1 saturated carbocycles. The van der Waals surface area contributed by atoms with Crippen LogP contribution in [0.3, 0.4) is 0 Å². The fourth-order valence-corrected chi connectivity index (χ4v) is 5.73. The number of nitrogens with one attached hydrogen (secondary N) is 1. The minimum absolute atomic E-state index is 0.0352. The third kappa shape index (κ3) is 4.89. The highest BCUT2D eigenvalue weighted by molar-refractivity contribution is 6.22. The third-order valence-electron chi connectivity index (χ3n) is 7.55. The first-order chi connectivity index (χ1) is 16.7. The summed E-state index contributed by atoms with van der Waals surface area (Å²) in [6, 6.07) is 2.12. The van der Waals surface area contributed by atoms with Gasteiger partial charge in [-0.2, -0.15) is 0 Å². The summed E-state index contributed by atoms with van der Waals surface area (Å²) in [5.41, 5.74) is 8.84. The molecule has 2 fully saturated rings. The van der Waals surface area contributed by atoms with E-state index in [1.807, 2.05) is 20.0 Å². The monoisotopic (exact) mass is 481 g/mol. The fraction of sp³-hybridized carbons (Fsp3) is 0.500. The Balaban J connectivity index is 1.55.